The van der Waals surface area contributed by atoms with Crippen molar-refractivity contribution in [2.75, 3.05) is 26.2 Å². The Morgan fingerprint density at radius 1 is 0.963 bits per heavy atom. The highest BCUT2D eigenvalue weighted by molar-refractivity contribution is 5.91. The zero-order chi connectivity index (χ0) is 18.9. The van der Waals surface area contributed by atoms with E-state index in [1.54, 1.807) is 10.9 Å². The Balaban J connectivity index is 1.53. The molecule has 7 heteroatoms. The average Bonchev–Trinajstić information content (AvgIpc) is 3.17. The zero-order valence-electron chi connectivity index (χ0n) is 15.0. The van der Waals surface area contributed by atoms with E-state index >= 15 is 0 Å². The first-order valence-electron chi connectivity index (χ1n) is 8.90. The number of aromatic nitrogens is 3. The molecule has 3 rings (SSSR count). The number of aliphatic hydroxyl groups is 1. The molecule has 0 spiro atoms. The molecule has 7 nitrogen and oxygen atoms in total. The summed E-state index contributed by atoms with van der Waals surface area (Å²) in [6.07, 6.45) is 1.64. The van der Waals surface area contributed by atoms with Crippen LogP contribution in [-0.2, 0) is 6.54 Å². The molecule has 1 aromatic heterocycles. The van der Waals surface area contributed by atoms with Gasteiger partial charge in [-0.1, -0.05) is 59.8 Å². The van der Waals surface area contributed by atoms with Crippen molar-refractivity contribution >= 4 is 5.91 Å². The van der Waals surface area contributed by atoms with Gasteiger partial charge in [0.05, 0.1) is 19.3 Å². The lowest BCUT2D eigenvalue weighted by Crippen LogP contribution is -2.33. The maximum Gasteiger partial charge on any atom is 0.273 e. The summed E-state index contributed by atoms with van der Waals surface area (Å²) >= 11 is 0. The molecule has 0 aliphatic carbocycles. The van der Waals surface area contributed by atoms with Crippen molar-refractivity contribution < 1.29 is 9.90 Å². The lowest BCUT2D eigenvalue weighted by molar-refractivity contribution is 0.0949. The van der Waals surface area contributed by atoms with Crippen LogP contribution in [0, 0.1) is 0 Å². The molecule has 0 radical (unpaired) electrons. The summed E-state index contributed by atoms with van der Waals surface area (Å²) in [5, 5.41) is 22.4. The molecule has 1 heterocycles. The maximum absolute atomic E-state index is 12.0. The smallest absolute Gasteiger partial charge is 0.273 e. The van der Waals surface area contributed by atoms with Gasteiger partial charge in [-0.2, -0.15) is 0 Å². The fourth-order valence-electron chi connectivity index (χ4n) is 2.66. The summed E-state index contributed by atoms with van der Waals surface area (Å²) in [6, 6.07) is 18.5. The number of nitrogens with one attached hydrogen (secondary N) is 2. The van der Waals surface area contributed by atoms with Crippen molar-refractivity contribution in [3.05, 3.63) is 72.1 Å². The third-order valence-corrected chi connectivity index (χ3v) is 4.05. The topological polar surface area (TPSA) is 92.1 Å². The van der Waals surface area contributed by atoms with E-state index in [9.17, 15) is 4.79 Å². The fourth-order valence-corrected chi connectivity index (χ4v) is 2.66. The van der Waals surface area contributed by atoms with E-state index < -0.39 is 0 Å². The minimum Gasteiger partial charge on any atom is -0.395 e. The van der Waals surface area contributed by atoms with E-state index in [1.807, 2.05) is 18.2 Å². The number of benzene rings is 2. The molecule has 3 N–H and O–H groups in total. The highest BCUT2D eigenvalue weighted by Gasteiger charge is 2.10. The molecule has 0 aliphatic heterocycles. The van der Waals surface area contributed by atoms with Crippen LogP contribution in [0.5, 0.6) is 0 Å². The van der Waals surface area contributed by atoms with Gasteiger partial charge in [0, 0.05) is 19.6 Å². The van der Waals surface area contributed by atoms with Crippen LogP contribution in [0.3, 0.4) is 0 Å². The molecule has 0 fully saturated rings. The van der Waals surface area contributed by atoms with Gasteiger partial charge < -0.3 is 15.7 Å². The third kappa shape index (κ3) is 5.47. The maximum atomic E-state index is 12.0. The second-order valence-electron chi connectivity index (χ2n) is 6.09. The number of aliphatic hydroxyl groups excluding tert-OH is 1. The number of carbonyl (C=O) groups is 1. The van der Waals surface area contributed by atoms with E-state index in [1.165, 1.54) is 5.56 Å². The Morgan fingerprint density at radius 2 is 1.70 bits per heavy atom. The molecule has 0 saturated carbocycles. The average molecular weight is 365 g/mol. The van der Waals surface area contributed by atoms with Crippen LogP contribution in [0.15, 0.2) is 60.8 Å². The number of hydrogen-bond acceptors (Lipinski definition) is 5. The van der Waals surface area contributed by atoms with E-state index in [0.717, 1.165) is 11.1 Å². The number of rotatable bonds is 9. The molecule has 2 aromatic carbocycles. The monoisotopic (exact) mass is 365 g/mol. The van der Waals surface area contributed by atoms with Crippen LogP contribution in [0.2, 0.25) is 0 Å². The molecule has 3 aromatic rings. The number of amides is 1. The van der Waals surface area contributed by atoms with Crippen LogP contribution >= 0.6 is 0 Å². The molecule has 0 aliphatic rings. The van der Waals surface area contributed by atoms with Crippen LogP contribution in [0.25, 0.3) is 11.1 Å². The summed E-state index contributed by atoms with van der Waals surface area (Å²) in [7, 11) is 0. The number of hydrogen-bond donors (Lipinski definition) is 3. The van der Waals surface area contributed by atoms with E-state index in [0.29, 0.717) is 26.2 Å². The Labute approximate surface area is 158 Å². The fraction of sp³-hybridized carbons (Fsp3) is 0.250. The largest absolute Gasteiger partial charge is 0.395 e. The molecule has 1 amide bonds. The van der Waals surface area contributed by atoms with Gasteiger partial charge >= 0.3 is 0 Å². The summed E-state index contributed by atoms with van der Waals surface area (Å²) in [4.78, 5) is 12.0. The van der Waals surface area contributed by atoms with Gasteiger partial charge in [-0.3, -0.25) is 4.79 Å². The van der Waals surface area contributed by atoms with Crippen LogP contribution < -0.4 is 10.6 Å². The summed E-state index contributed by atoms with van der Waals surface area (Å²) in [5.41, 5.74) is 3.71. The standard InChI is InChI=1S/C20H23N5O2/c26-13-12-21-10-11-22-20(27)19-15-25(24-23-19)14-16-6-8-18(9-7-16)17-4-2-1-3-5-17/h1-9,15,21,26H,10-14H2,(H,22,27). The molecule has 0 bridgehead atoms. The van der Waals surface area contributed by atoms with Crippen molar-refractivity contribution in [3.8, 4) is 11.1 Å². The van der Waals surface area contributed by atoms with Gasteiger partial charge in [-0.25, -0.2) is 4.68 Å². The summed E-state index contributed by atoms with van der Waals surface area (Å²) in [6.45, 7) is 2.19. The van der Waals surface area contributed by atoms with Gasteiger partial charge in [0.15, 0.2) is 5.69 Å². The van der Waals surface area contributed by atoms with E-state index in [2.05, 4.69) is 57.3 Å². The van der Waals surface area contributed by atoms with Crippen molar-refractivity contribution in [1.82, 2.24) is 25.6 Å². The minimum absolute atomic E-state index is 0.0780. The van der Waals surface area contributed by atoms with Gasteiger partial charge in [0.2, 0.25) is 0 Å². The number of nitrogens with zero attached hydrogens (tertiary/aromatic N) is 3. The second kappa shape index (κ2) is 9.61. The molecule has 0 saturated heterocycles. The van der Waals surface area contributed by atoms with E-state index in [-0.39, 0.29) is 18.2 Å². The minimum atomic E-state index is -0.258. The molecular formula is C20H23N5O2. The van der Waals surface area contributed by atoms with Crippen molar-refractivity contribution in [2.24, 2.45) is 0 Å². The third-order valence-electron chi connectivity index (χ3n) is 4.05. The molecular weight excluding hydrogens is 342 g/mol. The number of carbonyl (C=O) groups excluding carboxylic acids is 1. The van der Waals surface area contributed by atoms with Crippen molar-refractivity contribution in [3.63, 3.8) is 0 Å². The summed E-state index contributed by atoms with van der Waals surface area (Å²) in [5.74, 6) is -0.258. The Hall–Kier alpha value is -3.03. The molecule has 140 valence electrons. The van der Waals surface area contributed by atoms with Crippen LogP contribution in [0.1, 0.15) is 16.1 Å². The summed E-state index contributed by atoms with van der Waals surface area (Å²) < 4.78 is 1.65. The van der Waals surface area contributed by atoms with Crippen molar-refractivity contribution in [1.29, 1.82) is 0 Å². The first-order valence-corrected chi connectivity index (χ1v) is 8.90. The molecule has 0 atom stereocenters. The van der Waals surface area contributed by atoms with Gasteiger partial charge in [0.25, 0.3) is 5.91 Å². The van der Waals surface area contributed by atoms with Gasteiger partial charge in [-0.15, -0.1) is 5.10 Å². The highest BCUT2D eigenvalue weighted by atomic mass is 16.3. The Bertz CT molecular complexity index is 846. The van der Waals surface area contributed by atoms with Crippen LogP contribution in [0.4, 0.5) is 0 Å². The Kier molecular flexibility index (Phi) is 6.67. The van der Waals surface area contributed by atoms with E-state index in [4.69, 9.17) is 5.11 Å². The zero-order valence-corrected chi connectivity index (χ0v) is 15.0. The first kappa shape index (κ1) is 18.8. The van der Waals surface area contributed by atoms with Gasteiger partial charge in [-0.05, 0) is 16.7 Å². The lowest BCUT2D eigenvalue weighted by atomic mass is 10.0. The second-order valence-corrected chi connectivity index (χ2v) is 6.09. The van der Waals surface area contributed by atoms with Gasteiger partial charge in [0.1, 0.15) is 0 Å². The quantitative estimate of drug-likeness (QED) is 0.497. The highest BCUT2D eigenvalue weighted by Crippen LogP contribution is 2.19. The Morgan fingerprint density at radius 3 is 2.44 bits per heavy atom. The lowest BCUT2D eigenvalue weighted by Gasteiger charge is -2.05. The molecule has 0 unspecified atom stereocenters. The first-order chi connectivity index (χ1) is 13.3. The predicted molar refractivity (Wildman–Crippen MR) is 103 cm³/mol. The SMILES string of the molecule is O=C(NCCNCCO)c1cn(Cc2ccc(-c3ccccc3)cc2)nn1. The van der Waals surface area contributed by atoms with Crippen molar-refractivity contribution in [2.45, 2.75) is 6.54 Å². The predicted octanol–water partition coefficient (Wildman–Crippen LogP) is 1.31. The normalized spacial score (nSPS) is 10.7. The molecule has 27 heavy (non-hydrogen) atoms. The van der Waals surface area contributed by atoms with Crippen LogP contribution in [-0.4, -0.2) is 52.2 Å².